The van der Waals surface area contributed by atoms with Gasteiger partial charge in [0.05, 0.1) is 0 Å². The summed E-state index contributed by atoms with van der Waals surface area (Å²) in [5.41, 5.74) is 6.08. The minimum atomic E-state index is -3.06. The fourth-order valence-electron chi connectivity index (χ4n) is 4.11. The van der Waals surface area contributed by atoms with Crippen molar-refractivity contribution in [1.82, 2.24) is 4.90 Å². The second kappa shape index (κ2) is 6.77. The first kappa shape index (κ1) is 17.6. The van der Waals surface area contributed by atoms with E-state index >= 15 is 0 Å². The third-order valence-electron chi connectivity index (χ3n) is 5.57. The summed E-state index contributed by atoms with van der Waals surface area (Å²) in [6.07, 6.45) is 3.34. The number of hydrogen-bond acceptors (Lipinski definition) is 5. The Labute approximate surface area is 134 Å². The fourth-order valence-corrected chi connectivity index (χ4v) is 7.19. The maximum absolute atomic E-state index is 12.5. The summed E-state index contributed by atoms with van der Waals surface area (Å²) in [5.74, 6) is 3.11. The molecule has 0 aromatic heterocycles. The minimum absolute atomic E-state index is 0.125. The molecule has 124 valence electrons. The lowest BCUT2D eigenvalue weighted by atomic mass is 9.69. The Hall–Kier alpha value is 0.220. The predicted molar refractivity (Wildman–Crippen MR) is 91.2 cm³/mol. The van der Waals surface area contributed by atoms with Crippen molar-refractivity contribution in [1.29, 1.82) is 0 Å². The number of thioether (sulfide) groups is 1. The van der Waals surface area contributed by atoms with Crippen LogP contribution in [0.15, 0.2) is 0 Å². The Balaban J connectivity index is 2.34. The van der Waals surface area contributed by atoms with Crippen LogP contribution in [0.5, 0.6) is 0 Å². The highest BCUT2D eigenvalue weighted by Gasteiger charge is 2.49. The van der Waals surface area contributed by atoms with E-state index in [4.69, 9.17) is 5.73 Å². The van der Waals surface area contributed by atoms with Crippen molar-refractivity contribution in [2.24, 2.45) is 17.6 Å². The molecule has 0 spiro atoms. The predicted octanol–water partition coefficient (Wildman–Crippen LogP) is 1.95. The molecule has 21 heavy (non-hydrogen) atoms. The summed E-state index contributed by atoms with van der Waals surface area (Å²) in [7, 11) is -3.06. The summed E-state index contributed by atoms with van der Waals surface area (Å²) < 4.78 is 25.1. The third-order valence-corrected chi connectivity index (χ3v) is 8.86. The Kier molecular flexibility index (Phi) is 5.66. The molecule has 4 atom stereocenters. The highest BCUT2D eigenvalue weighted by molar-refractivity contribution is 8.01. The van der Waals surface area contributed by atoms with Crippen molar-refractivity contribution in [3.8, 4) is 0 Å². The van der Waals surface area contributed by atoms with Gasteiger partial charge < -0.3 is 5.73 Å². The fraction of sp³-hybridized carbons (Fsp3) is 1.00. The lowest BCUT2D eigenvalue weighted by Crippen LogP contribution is -2.66. The molecule has 0 bridgehead atoms. The average Bonchev–Trinajstić information content (AvgIpc) is 2.48. The lowest BCUT2D eigenvalue weighted by molar-refractivity contribution is -0.00339. The Morgan fingerprint density at radius 3 is 2.67 bits per heavy atom. The van der Waals surface area contributed by atoms with E-state index in [2.05, 4.69) is 18.7 Å². The minimum Gasteiger partial charge on any atom is -0.329 e. The number of sulfone groups is 1. The zero-order chi connectivity index (χ0) is 15.7. The molecule has 1 saturated heterocycles. The molecule has 1 heterocycles. The molecule has 0 aromatic carbocycles. The van der Waals surface area contributed by atoms with Gasteiger partial charge in [-0.15, -0.1) is 0 Å². The van der Waals surface area contributed by atoms with E-state index in [1.807, 2.05) is 0 Å². The van der Waals surface area contributed by atoms with E-state index in [1.165, 1.54) is 0 Å². The van der Waals surface area contributed by atoms with Gasteiger partial charge in [-0.3, -0.25) is 4.90 Å². The van der Waals surface area contributed by atoms with E-state index in [0.29, 0.717) is 18.2 Å². The highest BCUT2D eigenvalue weighted by Crippen LogP contribution is 2.43. The first-order chi connectivity index (χ1) is 9.87. The van der Waals surface area contributed by atoms with Gasteiger partial charge in [0.2, 0.25) is 0 Å². The molecule has 0 aromatic rings. The largest absolute Gasteiger partial charge is 0.329 e. The van der Waals surface area contributed by atoms with E-state index in [-0.39, 0.29) is 16.7 Å². The molecule has 0 radical (unpaired) electrons. The van der Waals surface area contributed by atoms with Crippen LogP contribution >= 0.6 is 11.8 Å². The molecular weight excluding hydrogens is 304 g/mol. The summed E-state index contributed by atoms with van der Waals surface area (Å²) in [5, 5.41) is -0.347. The molecular formula is C15H30N2O2S2. The normalized spacial score (nSPS) is 39.3. The van der Waals surface area contributed by atoms with Crippen LogP contribution in [0.4, 0.5) is 0 Å². The second-order valence-electron chi connectivity index (χ2n) is 6.76. The number of nitrogens with two attached hydrogens (primary N) is 1. The second-order valence-corrected chi connectivity index (χ2v) is 10.4. The molecule has 0 amide bonds. The van der Waals surface area contributed by atoms with E-state index < -0.39 is 9.84 Å². The lowest BCUT2D eigenvalue weighted by Gasteiger charge is -2.54. The average molecular weight is 335 g/mol. The first-order valence-corrected chi connectivity index (χ1v) is 11.0. The Bertz CT molecular complexity index is 455. The van der Waals surface area contributed by atoms with E-state index in [9.17, 15) is 8.42 Å². The Morgan fingerprint density at radius 1 is 1.38 bits per heavy atom. The van der Waals surface area contributed by atoms with Gasteiger partial charge in [0, 0.05) is 35.9 Å². The molecule has 2 fully saturated rings. The number of hydrogen-bond donors (Lipinski definition) is 1. The van der Waals surface area contributed by atoms with Gasteiger partial charge in [0.25, 0.3) is 0 Å². The third kappa shape index (κ3) is 3.28. The van der Waals surface area contributed by atoms with Crippen molar-refractivity contribution < 1.29 is 8.42 Å². The quantitative estimate of drug-likeness (QED) is 0.851. The van der Waals surface area contributed by atoms with Gasteiger partial charge >= 0.3 is 0 Å². The molecule has 1 aliphatic heterocycles. The number of rotatable bonds is 4. The molecule has 2 rings (SSSR count). The standard InChI is InChI=1S/C15H30N2O2S2/c1-4-21(18,19)14-10-20-8-7-17(14)15(11-16)6-5-12(2)9-13(15)3/h12-14H,4-11,16H2,1-3H3. The van der Waals surface area contributed by atoms with Gasteiger partial charge in [0.1, 0.15) is 5.37 Å². The summed E-state index contributed by atoms with van der Waals surface area (Å²) in [4.78, 5) is 2.28. The topological polar surface area (TPSA) is 63.4 Å². The smallest absolute Gasteiger partial charge is 0.166 e. The zero-order valence-electron chi connectivity index (χ0n) is 13.5. The van der Waals surface area contributed by atoms with Gasteiger partial charge in [0.15, 0.2) is 9.84 Å². The van der Waals surface area contributed by atoms with Gasteiger partial charge in [-0.05, 0) is 31.1 Å². The monoisotopic (exact) mass is 334 g/mol. The van der Waals surface area contributed by atoms with Crippen molar-refractivity contribution in [2.45, 2.75) is 50.9 Å². The summed E-state index contributed by atoms with van der Waals surface area (Å²) in [6, 6.07) is 0. The molecule has 4 nitrogen and oxygen atoms in total. The van der Waals surface area contributed by atoms with E-state index in [1.54, 1.807) is 18.7 Å². The molecule has 2 aliphatic rings. The maximum atomic E-state index is 12.5. The van der Waals surface area contributed by atoms with Crippen LogP contribution in [0.25, 0.3) is 0 Å². The molecule has 2 N–H and O–H groups in total. The summed E-state index contributed by atoms with van der Waals surface area (Å²) in [6.45, 7) is 7.74. The van der Waals surface area contributed by atoms with E-state index in [0.717, 1.165) is 37.5 Å². The van der Waals surface area contributed by atoms with Gasteiger partial charge in [-0.25, -0.2) is 8.42 Å². The maximum Gasteiger partial charge on any atom is 0.166 e. The number of nitrogens with zero attached hydrogens (tertiary/aromatic N) is 1. The van der Waals surface area contributed by atoms with Crippen molar-refractivity contribution in [3.63, 3.8) is 0 Å². The van der Waals surface area contributed by atoms with Crippen LogP contribution in [0.3, 0.4) is 0 Å². The van der Waals surface area contributed by atoms with Crippen molar-refractivity contribution in [2.75, 3.05) is 30.3 Å². The van der Waals surface area contributed by atoms with Gasteiger partial charge in [-0.1, -0.05) is 20.8 Å². The van der Waals surface area contributed by atoms with Crippen LogP contribution in [0.1, 0.15) is 40.0 Å². The van der Waals surface area contributed by atoms with Crippen LogP contribution in [-0.4, -0.2) is 54.6 Å². The SMILES string of the molecule is CCS(=O)(=O)C1CSCCN1C1(CN)CCC(C)CC1C. The highest BCUT2D eigenvalue weighted by atomic mass is 32.2. The van der Waals surface area contributed by atoms with Crippen molar-refractivity contribution in [3.05, 3.63) is 0 Å². The van der Waals surface area contributed by atoms with Crippen LogP contribution in [0, 0.1) is 11.8 Å². The van der Waals surface area contributed by atoms with Crippen LogP contribution in [-0.2, 0) is 9.84 Å². The molecule has 1 aliphatic carbocycles. The zero-order valence-corrected chi connectivity index (χ0v) is 15.2. The molecule has 6 heteroatoms. The van der Waals surface area contributed by atoms with Crippen LogP contribution in [0.2, 0.25) is 0 Å². The summed E-state index contributed by atoms with van der Waals surface area (Å²) >= 11 is 1.76. The van der Waals surface area contributed by atoms with Crippen molar-refractivity contribution >= 4 is 21.6 Å². The van der Waals surface area contributed by atoms with Gasteiger partial charge in [-0.2, -0.15) is 11.8 Å². The Morgan fingerprint density at radius 2 is 2.10 bits per heavy atom. The van der Waals surface area contributed by atoms with Crippen LogP contribution < -0.4 is 5.73 Å². The first-order valence-electron chi connectivity index (χ1n) is 8.13. The molecule has 1 saturated carbocycles. The molecule has 4 unspecified atom stereocenters.